The van der Waals surface area contributed by atoms with E-state index in [-0.39, 0.29) is 0 Å². The lowest BCUT2D eigenvalue weighted by Gasteiger charge is -2.13. The first-order valence-corrected chi connectivity index (χ1v) is 4.85. The lowest BCUT2D eigenvalue weighted by Crippen LogP contribution is -2.40. The summed E-state index contributed by atoms with van der Waals surface area (Å²) in [4.78, 5) is 4.09. The molecule has 0 atom stereocenters. The summed E-state index contributed by atoms with van der Waals surface area (Å²) in [7, 11) is 3.59. The summed E-state index contributed by atoms with van der Waals surface area (Å²) in [6.07, 6.45) is 0.633. The van der Waals surface area contributed by atoms with Crippen molar-refractivity contribution in [2.45, 2.75) is 27.2 Å². The van der Waals surface area contributed by atoms with Crippen LogP contribution in [0.4, 0.5) is 0 Å². The number of rotatable bonds is 5. The maximum Gasteiger partial charge on any atom is 0.120 e. The Morgan fingerprint density at radius 2 is 1.93 bits per heavy atom. The molecular weight excluding hydrogens is 192 g/mol. The third-order valence-corrected chi connectivity index (χ3v) is 1.86. The molecule has 0 aliphatic rings. The van der Waals surface area contributed by atoms with Crippen LogP contribution in [0.5, 0.6) is 0 Å². The SMILES string of the molecule is CCC(=N)N=C(C)C(C)=NNN(C)NC. The highest BCUT2D eigenvalue weighted by molar-refractivity contribution is 6.42. The first-order valence-electron chi connectivity index (χ1n) is 4.85. The fourth-order valence-corrected chi connectivity index (χ4v) is 0.643. The Balaban J connectivity index is 4.36. The number of nitrogens with one attached hydrogen (secondary N) is 3. The molecule has 0 aromatic heterocycles. The molecule has 15 heavy (non-hydrogen) atoms. The monoisotopic (exact) mass is 212 g/mol. The highest BCUT2D eigenvalue weighted by atomic mass is 15.8. The highest BCUT2D eigenvalue weighted by Crippen LogP contribution is 1.89. The standard InChI is InChI=1S/C9H20N6/c1-6-9(10)12-7(2)8(3)13-14-15(5)11-4/h10-11,14H,6H2,1-5H3. The van der Waals surface area contributed by atoms with Gasteiger partial charge in [-0.25, -0.2) is 16.0 Å². The van der Waals surface area contributed by atoms with Gasteiger partial charge in [0.1, 0.15) is 5.84 Å². The zero-order valence-electron chi connectivity index (χ0n) is 10.0. The van der Waals surface area contributed by atoms with Crippen molar-refractivity contribution in [3.8, 4) is 0 Å². The van der Waals surface area contributed by atoms with Crippen molar-refractivity contribution in [1.82, 2.24) is 16.1 Å². The summed E-state index contributed by atoms with van der Waals surface area (Å²) in [5.74, 6) is 0.365. The maximum atomic E-state index is 7.43. The zero-order chi connectivity index (χ0) is 11.8. The Morgan fingerprint density at radius 3 is 2.40 bits per heavy atom. The van der Waals surface area contributed by atoms with Crippen LogP contribution in [0.2, 0.25) is 0 Å². The first kappa shape index (κ1) is 13.7. The van der Waals surface area contributed by atoms with Crippen LogP contribution < -0.4 is 11.0 Å². The molecule has 3 N–H and O–H groups in total. The van der Waals surface area contributed by atoms with Gasteiger partial charge < -0.3 is 0 Å². The Morgan fingerprint density at radius 1 is 1.33 bits per heavy atom. The molecule has 0 aliphatic heterocycles. The molecule has 0 unspecified atom stereocenters. The Kier molecular flexibility index (Phi) is 6.48. The number of hydrogen-bond donors (Lipinski definition) is 3. The average molecular weight is 212 g/mol. The number of hydrazone groups is 1. The van der Waals surface area contributed by atoms with E-state index in [1.165, 1.54) is 0 Å². The van der Waals surface area contributed by atoms with Crippen molar-refractivity contribution in [1.29, 1.82) is 5.41 Å². The minimum Gasteiger partial charge on any atom is -0.287 e. The molecule has 0 amide bonds. The van der Waals surface area contributed by atoms with Crippen LogP contribution in [0.15, 0.2) is 10.1 Å². The van der Waals surface area contributed by atoms with Gasteiger partial charge in [-0.3, -0.25) is 5.41 Å². The van der Waals surface area contributed by atoms with Gasteiger partial charge in [0.2, 0.25) is 0 Å². The molecule has 0 heterocycles. The molecule has 0 rings (SSSR count). The Labute approximate surface area is 90.9 Å². The minimum atomic E-state index is 0.365. The average Bonchev–Trinajstić information content (AvgIpc) is 2.24. The van der Waals surface area contributed by atoms with E-state index in [2.05, 4.69) is 21.1 Å². The molecule has 6 nitrogen and oxygen atoms in total. The number of aliphatic imine (C=N–C) groups is 1. The Hall–Kier alpha value is -1.27. The molecule has 6 heteroatoms. The van der Waals surface area contributed by atoms with Crippen LogP contribution in [0, 0.1) is 5.41 Å². The van der Waals surface area contributed by atoms with E-state index in [4.69, 9.17) is 5.41 Å². The zero-order valence-corrected chi connectivity index (χ0v) is 10.0. The van der Waals surface area contributed by atoms with Gasteiger partial charge in [0, 0.05) is 20.5 Å². The van der Waals surface area contributed by atoms with Crippen LogP contribution in [-0.2, 0) is 0 Å². The van der Waals surface area contributed by atoms with Crippen molar-refractivity contribution in [2.24, 2.45) is 10.1 Å². The van der Waals surface area contributed by atoms with Gasteiger partial charge in [-0.15, -0.1) is 5.12 Å². The van der Waals surface area contributed by atoms with Gasteiger partial charge in [-0.2, -0.15) is 5.10 Å². The molecule has 0 spiro atoms. The molecule has 0 aromatic rings. The van der Waals surface area contributed by atoms with Crippen LogP contribution in [0.1, 0.15) is 27.2 Å². The fourth-order valence-electron chi connectivity index (χ4n) is 0.643. The Bertz CT molecular complexity index is 268. The van der Waals surface area contributed by atoms with Crippen LogP contribution in [-0.4, -0.2) is 36.5 Å². The van der Waals surface area contributed by atoms with Crippen molar-refractivity contribution >= 4 is 17.3 Å². The van der Waals surface area contributed by atoms with Gasteiger partial charge in [0.15, 0.2) is 0 Å². The molecule has 0 aromatic carbocycles. The second-order valence-corrected chi connectivity index (χ2v) is 3.08. The molecule has 0 saturated heterocycles. The van der Waals surface area contributed by atoms with Gasteiger partial charge >= 0.3 is 0 Å². The van der Waals surface area contributed by atoms with Gasteiger partial charge in [0.25, 0.3) is 0 Å². The van der Waals surface area contributed by atoms with E-state index in [9.17, 15) is 0 Å². The van der Waals surface area contributed by atoms with E-state index in [0.29, 0.717) is 12.3 Å². The highest BCUT2D eigenvalue weighted by Gasteiger charge is 1.98. The quantitative estimate of drug-likeness (QED) is 0.358. The molecular formula is C9H20N6. The van der Waals surface area contributed by atoms with E-state index >= 15 is 0 Å². The summed E-state index contributed by atoms with van der Waals surface area (Å²) in [5.41, 5.74) is 7.12. The van der Waals surface area contributed by atoms with Crippen molar-refractivity contribution in [2.75, 3.05) is 14.1 Å². The third-order valence-electron chi connectivity index (χ3n) is 1.86. The number of hydrogen-bond acceptors (Lipinski definition) is 5. The van der Waals surface area contributed by atoms with E-state index in [1.807, 2.05) is 20.8 Å². The number of amidine groups is 1. The molecule has 0 bridgehead atoms. The van der Waals surface area contributed by atoms with Crippen molar-refractivity contribution in [3.05, 3.63) is 0 Å². The summed E-state index contributed by atoms with van der Waals surface area (Å²) in [6, 6.07) is 0. The number of hydrazine groups is 2. The summed E-state index contributed by atoms with van der Waals surface area (Å²) < 4.78 is 0. The molecule has 86 valence electrons. The lowest BCUT2D eigenvalue weighted by atomic mass is 10.3. The summed E-state index contributed by atoms with van der Waals surface area (Å²) in [6.45, 7) is 5.58. The second-order valence-electron chi connectivity index (χ2n) is 3.08. The van der Waals surface area contributed by atoms with Gasteiger partial charge in [-0.1, -0.05) is 6.92 Å². The van der Waals surface area contributed by atoms with Crippen molar-refractivity contribution < 1.29 is 0 Å². The molecule has 0 saturated carbocycles. The summed E-state index contributed by atoms with van der Waals surface area (Å²) in [5, 5.41) is 13.1. The smallest absolute Gasteiger partial charge is 0.120 e. The van der Waals surface area contributed by atoms with Crippen molar-refractivity contribution in [3.63, 3.8) is 0 Å². The van der Waals surface area contributed by atoms with Crippen LogP contribution >= 0.6 is 0 Å². The topological polar surface area (TPSA) is 75.9 Å². The van der Waals surface area contributed by atoms with E-state index in [1.54, 1.807) is 19.2 Å². The van der Waals surface area contributed by atoms with E-state index < -0.39 is 0 Å². The van der Waals surface area contributed by atoms with E-state index in [0.717, 1.165) is 11.4 Å². The number of nitrogens with zero attached hydrogens (tertiary/aromatic N) is 3. The predicted molar refractivity (Wildman–Crippen MR) is 64.2 cm³/mol. The lowest BCUT2D eigenvalue weighted by molar-refractivity contribution is 0.176. The van der Waals surface area contributed by atoms with Crippen LogP contribution in [0.3, 0.4) is 0 Å². The fraction of sp³-hybridized carbons (Fsp3) is 0.667. The predicted octanol–water partition coefficient (Wildman–Crippen LogP) is 0.781. The second kappa shape index (κ2) is 7.08. The normalized spacial score (nSPS) is 13.2. The molecule has 0 radical (unpaired) electrons. The molecule has 0 fully saturated rings. The van der Waals surface area contributed by atoms with Gasteiger partial charge in [0.05, 0.1) is 11.4 Å². The molecule has 0 aliphatic carbocycles. The summed E-state index contributed by atoms with van der Waals surface area (Å²) >= 11 is 0. The maximum absolute atomic E-state index is 7.43. The first-order chi connectivity index (χ1) is 7.01. The minimum absolute atomic E-state index is 0.365. The third kappa shape index (κ3) is 5.92. The van der Waals surface area contributed by atoms with Gasteiger partial charge in [-0.05, 0) is 13.8 Å². The largest absolute Gasteiger partial charge is 0.287 e. The van der Waals surface area contributed by atoms with Crippen LogP contribution in [0.25, 0.3) is 0 Å².